The molecule has 0 aliphatic carbocycles. The fourth-order valence-corrected chi connectivity index (χ4v) is 6.37. The van der Waals surface area contributed by atoms with Crippen molar-refractivity contribution in [3.63, 3.8) is 0 Å². The van der Waals surface area contributed by atoms with Crippen LogP contribution < -0.4 is 4.90 Å². The van der Waals surface area contributed by atoms with Gasteiger partial charge in [-0.05, 0) is 98.6 Å². The first kappa shape index (κ1) is 26.5. The Morgan fingerprint density at radius 1 is 0.465 bits per heavy atom. The summed E-state index contributed by atoms with van der Waals surface area (Å²) in [6.45, 7) is 8.49. The predicted octanol–water partition coefficient (Wildman–Crippen LogP) is 12.0. The summed E-state index contributed by atoms with van der Waals surface area (Å²) in [6.07, 6.45) is 0. The van der Waals surface area contributed by atoms with E-state index in [0.29, 0.717) is 0 Å². The highest BCUT2D eigenvalue weighted by atomic mass is 15.1. The van der Waals surface area contributed by atoms with E-state index in [1.54, 1.807) is 0 Å². The molecule has 1 heteroatoms. The normalized spacial score (nSPS) is 11.1. The number of allylic oxidation sites excluding steroid dienone is 1. The zero-order valence-corrected chi connectivity index (χ0v) is 24.6. The Morgan fingerprint density at radius 2 is 0.953 bits per heavy atom. The van der Waals surface area contributed by atoms with E-state index in [0.717, 1.165) is 17.1 Å². The van der Waals surface area contributed by atoms with Crippen LogP contribution in [-0.4, -0.2) is 0 Å². The number of fused-ring (bicyclic) bond motifs is 2. The van der Waals surface area contributed by atoms with Crippen molar-refractivity contribution in [1.29, 1.82) is 0 Å². The summed E-state index contributed by atoms with van der Waals surface area (Å²) < 4.78 is 0. The average molecular weight is 552 g/mol. The number of aryl methyl sites for hydroxylation is 1. The maximum absolute atomic E-state index is 4.29. The second kappa shape index (κ2) is 11.1. The van der Waals surface area contributed by atoms with Crippen molar-refractivity contribution >= 4 is 32.9 Å². The molecule has 7 aromatic carbocycles. The van der Waals surface area contributed by atoms with E-state index in [-0.39, 0.29) is 0 Å². The van der Waals surface area contributed by atoms with Crippen molar-refractivity contribution in [2.24, 2.45) is 0 Å². The first-order valence-corrected chi connectivity index (χ1v) is 14.8. The minimum absolute atomic E-state index is 0.987. The Morgan fingerprint density at radius 3 is 1.53 bits per heavy atom. The van der Waals surface area contributed by atoms with E-state index in [2.05, 4.69) is 177 Å². The van der Waals surface area contributed by atoms with Crippen LogP contribution in [0.15, 0.2) is 164 Å². The van der Waals surface area contributed by atoms with Gasteiger partial charge in [0.2, 0.25) is 0 Å². The van der Waals surface area contributed by atoms with E-state index in [4.69, 9.17) is 0 Å². The molecule has 0 heterocycles. The first-order chi connectivity index (χ1) is 21.1. The molecule has 7 aromatic rings. The lowest BCUT2D eigenvalue weighted by Gasteiger charge is -2.27. The molecule has 43 heavy (non-hydrogen) atoms. The van der Waals surface area contributed by atoms with E-state index in [1.165, 1.54) is 60.5 Å². The maximum Gasteiger partial charge on any atom is 0.0487 e. The molecule has 0 N–H and O–H groups in total. The minimum atomic E-state index is 0.987. The second-order valence-corrected chi connectivity index (χ2v) is 11.2. The average Bonchev–Trinajstić information content (AvgIpc) is 3.05. The first-order valence-electron chi connectivity index (χ1n) is 14.8. The fraction of sp³-hybridized carbons (Fsp3) is 0.0476. The van der Waals surface area contributed by atoms with Crippen LogP contribution in [0.2, 0.25) is 0 Å². The Labute approximate surface area is 254 Å². The molecular formula is C42H33N. The summed E-state index contributed by atoms with van der Waals surface area (Å²) in [5.41, 5.74) is 11.9. The molecule has 0 saturated carbocycles. The molecule has 0 amide bonds. The summed E-state index contributed by atoms with van der Waals surface area (Å²) in [6, 6.07) is 54.7. The van der Waals surface area contributed by atoms with Crippen molar-refractivity contribution in [3.8, 4) is 33.4 Å². The van der Waals surface area contributed by atoms with Crippen LogP contribution in [-0.2, 0) is 0 Å². The summed E-state index contributed by atoms with van der Waals surface area (Å²) in [5, 5.41) is 5.06. The van der Waals surface area contributed by atoms with Crippen LogP contribution in [0, 0.1) is 6.92 Å². The standard InChI is InChI=1S/C42H33N/c1-29(2)43(40-21-13-10-14-30(40)3)35-25-22-31(23-26-35)34-24-27-38-39(28-34)42(33-17-8-5-9-18-33)37-20-12-11-19-36(37)41(38)32-15-6-4-7-16-32/h4-28H,1H2,2-3H3. The van der Waals surface area contributed by atoms with E-state index < -0.39 is 0 Å². The molecule has 0 bridgehead atoms. The number of nitrogens with zero attached hydrogens (tertiary/aromatic N) is 1. The lowest BCUT2D eigenvalue weighted by Crippen LogP contribution is -2.14. The molecule has 0 saturated heterocycles. The molecule has 0 unspecified atom stereocenters. The lowest BCUT2D eigenvalue weighted by atomic mass is 9.85. The van der Waals surface area contributed by atoms with Gasteiger partial charge in [0.05, 0.1) is 0 Å². The molecule has 0 atom stereocenters. The van der Waals surface area contributed by atoms with Gasteiger partial charge in [0.25, 0.3) is 0 Å². The highest BCUT2D eigenvalue weighted by molar-refractivity contribution is 6.21. The molecule has 0 aromatic heterocycles. The van der Waals surface area contributed by atoms with Gasteiger partial charge in [0, 0.05) is 17.1 Å². The lowest BCUT2D eigenvalue weighted by molar-refractivity contribution is 1.15. The van der Waals surface area contributed by atoms with Gasteiger partial charge in [0.15, 0.2) is 0 Å². The largest absolute Gasteiger partial charge is 0.315 e. The van der Waals surface area contributed by atoms with Crippen LogP contribution in [0.3, 0.4) is 0 Å². The Bertz CT molecular complexity index is 2090. The molecule has 7 rings (SSSR count). The summed E-state index contributed by atoms with van der Waals surface area (Å²) in [7, 11) is 0. The highest BCUT2D eigenvalue weighted by Gasteiger charge is 2.18. The molecule has 0 aliphatic heterocycles. The smallest absolute Gasteiger partial charge is 0.0487 e. The number of hydrogen-bond acceptors (Lipinski definition) is 1. The quantitative estimate of drug-likeness (QED) is 0.186. The topological polar surface area (TPSA) is 3.24 Å². The van der Waals surface area contributed by atoms with E-state index in [9.17, 15) is 0 Å². The minimum Gasteiger partial charge on any atom is -0.315 e. The van der Waals surface area contributed by atoms with E-state index in [1.807, 2.05) is 0 Å². The molecule has 0 radical (unpaired) electrons. The third kappa shape index (κ3) is 4.79. The van der Waals surface area contributed by atoms with E-state index >= 15 is 0 Å². The van der Waals surface area contributed by atoms with Gasteiger partial charge in [-0.3, -0.25) is 0 Å². The zero-order valence-electron chi connectivity index (χ0n) is 24.6. The van der Waals surface area contributed by atoms with Gasteiger partial charge in [0.1, 0.15) is 0 Å². The maximum atomic E-state index is 4.29. The summed E-state index contributed by atoms with van der Waals surface area (Å²) in [4.78, 5) is 2.23. The summed E-state index contributed by atoms with van der Waals surface area (Å²) >= 11 is 0. The van der Waals surface area contributed by atoms with Gasteiger partial charge in [-0.2, -0.15) is 0 Å². The van der Waals surface area contributed by atoms with Crippen molar-refractivity contribution in [2.45, 2.75) is 13.8 Å². The van der Waals surface area contributed by atoms with Gasteiger partial charge in [-0.25, -0.2) is 0 Å². The van der Waals surface area contributed by atoms with Crippen molar-refractivity contribution in [1.82, 2.24) is 0 Å². The van der Waals surface area contributed by atoms with Gasteiger partial charge >= 0.3 is 0 Å². The van der Waals surface area contributed by atoms with Crippen molar-refractivity contribution < 1.29 is 0 Å². The molecular weight excluding hydrogens is 518 g/mol. The monoisotopic (exact) mass is 551 g/mol. The SMILES string of the molecule is C=C(C)N(c1ccc(-c2ccc3c(-c4ccccc4)c4ccccc4c(-c4ccccc4)c3c2)cc1)c1ccccc1C. The fourth-order valence-electron chi connectivity index (χ4n) is 6.37. The van der Waals surface area contributed by atoms with Crippen LogP contribution >= 0.6 is 0 Å². The van der Waals surface area contributed by atoms with Crippen LogP contribution in [0.4, 0.5) is 11.4 Å². The Hall–Kier alpha value is -5.40. The third-order valence-corrected chi connectivity index (χ3v) is 8.35. The third-order valence-electron chi connectivity index (χ3n) is 8.35. The summed E-state index contributed by atoms with van der Waals surface area (Å²) in [5.74, 6) is 0. The Kier molecular flexibility index (Phi) is 6.85. The van der Waals surface area contributed by atoms with Gasteiger partial charge in [-0.15, -0.1) is 0 Å². The number of anilines is 2. The predicted molar refractivity (Wildman–Crippen MR) is 186 cm³/mol. The molecule has 0 spiro atoms. The second-order valence-electron chi connectivity index (χ2n) is 11.2. The van der Waals surface area contributed by atoms with Crippen molar-refractivity contribution in [2.75, 3.05) is 4.90 Å². The highest BCUT2D eigenvalue weighted by Crippen LogP contribution is 2.45. The van der Waals surface area contributed by atoms with Gasteiger partial charge in [-0.1, -0.05) is 134 Å². The van der Waals surface area contributed by atoms with Crippen LogP contribution in [0.5, 0.6) is 0 Å². The van der Waals surface area contributed by atoms with Gasteiger partial charge < -0.3 is 4.90 Å². The van der Waals surface area contributed by atoms with Crippen LogP contribution in [0.1, 0.15) is 12.5 Å². The van der Waals surface area contributed by atoms with Crippen LogP contribution in [0.25, 0.3) is 54.9 Å². The number of benzene rings is 7. The van der Waals surface area contributed by atoms with Crippen molar-refractivity contribution in [3.05, 3.63) is 169 Å². The Balaban J connectivity index is 1.43. The molecule has 0 aliphatic rings. The number of rotatable bonds is 6. The molecule has 206 valence electrons. The molecule has 0 fully saturated rings. The number of hydrogen-bond donors (Lipinski definition) is 0. The number of para-hydroxylation sites is 1. The zero-order chi connectivity index (χ0) is 29.3. The molecule has 1 nitrogen and oxygen atoms in total.